The first-order valence-corrected chi connectivity index (χ1v) is 5.20. The molecular formula is C10H16N2O4Pt. The van der Waals surface area contributed by atoms with Gasteiger partial charge >= 0.3 is 21.1 Å². The Labute approximate surface area is 115 Å². The van der Waals surface area contributed by atoms with Crippen LogP contribution in [0.25, 0.3) is 11.5 Å². The maximum atomic E-state index is 9.61. The summed E-state index contributed by atoms with van der Waals surface area (Å²) >= 11 is 0. The number of rotatable bonds is 2. The SMILES string of the molecule is CC(C(=O)[O-])C(=O)[O-].[NH-]C1CCCCC1[NH-].[Pt+4]. The first kappa shape index (κ1) is 18.9. The number of carboxylic acids is 2. The van der Waals surface area contributed by atoms with Gasteiger partial charge in [-0.25, -0.2) is 0 Å². The third-order valence-corrected chi connectivity index (χ3v) is 2.47. The van der Waals surface area contributed by atoms with E-state index in [4.69, 9.17) is 11.5 Å². The Bertz CT molecular complexity index is 226. The van der Waals surface area contributed by atoms with E-state index in [0.717, 1.165) is 19.8 Å². The normalized spacial score (nSPS) is 23.1. The Morgan fingerprint density at radius 2 is 1.35 bits per heavy atom. The average molecular weight is 423 g/mol. The summed E-state index contributed by atoms with van der Waals surface area (Å²) in [5.41, 5.74) is 14.6. The minimum atomic E-state index is -1.62. The minimum absolute atomic E-state index is 0. The van der Waals surface area contributed by atoms with Crippen molar-refractivity contribution in [2.24, 2.45) is 5.92 Å². The molecule has 0 amide bonds. The molecule has 0 spiro atoms. The molecule has 0 aromatic carbocycles. The fourth-order valence-electron chi connectivity index (χ4n) is 1.23. The molecule has 0 aromatic heterocycles. The van der Waals surface area contributed by atoms with Crippen molar-refractivity contribution in [3.63, 3.8) is 0 Å². The molecule has 7 heteroatoms. The van der Waals surface area contributed by atoms with Crippen molar-refractivity contribution in [2.75, 3.05) is 0 Å². The summed E-state index contributed by atoms with van der Waals surface area (Å²) in [5.74, 6) is -4.76. The molecule has 17 heavy (non-hydrogen) atoms. The number of carboxylic acid groups (broad SMARTS) is 2. The van der Waals surface area contributed by atoms with E-state index in [1.165, 1.54) is 12.8 Å². The van der Waals surface area contributed by atoms with Gasteiger partial charge in [0, 0.05) is 17.9 Å². The largest absolute Gasteiger partial charge is 4.00 e. The van der Waals surface area contributed by atoms with Crippen molar-refractivity contribution in [2.45, 2.75) is 44.7 Å². The van der Waals surface area contributed by atoms with Gasteiger partial charge in [0.25, 0.3) is 0 Å². The average Bonchev–Trinajstić information content (AvgIpc) is 2.22. The van der Waals surface area contributed by atoms with Crippen molar-refractivity contribution < 1.29 is 40.9 Å². The maximum absolute atomic E-state index is 9.61. The third-order valence-electron chi connectivity index (χ3n) is 2.47. The molecule has 2 unspecified atom stereocenters. The second-order valence-electron chi connectivity index (χ2n) is 3.86. The van der Waals surface area contributed by atoms with Gasteiger partial charge in [0.2, 0.25) is 0 Å². The van der Waals surface area contributed by atoms with E-state index in [1.54, 1.807) is 0 Å². The molecule has 1 rings (SSSR count). The summed E-state index contributed by atoms with van der Waals surface area (Å²) in [7, 11) is 0. The van der Waals surface area contributed by atoms with Gasteiger partial charge in [0.05, 0.1) is 0 Å². The number of hydrogen-bond acceptors (Lipinski definition) is 4. The molecule has 0 heterocycles. The molecule has 0 aromatic rings. The molecule has 2 atom stereocenters. The fraction of sp³-hybridized carbons (Fsp3) is 0.800. The van der Waals surface area contributed by atoms with Gasteiger partial charge in [-0.05, 0) is 0 Å². The molecule has 0 bridgehead atoms. The van der Waals surface area contributed by atoms with Crippen LogP contribution in [0.2, 0.25) is 0 Å². The molecule has 100 valence electrons. The topological polar surface area (TPSA) is 128 Å². The van der Waals surface area contributed by atoms with Crippen LogP contribution in [0.4, 0.5) is 0 Å². The second kappa shape index (κ2) is 9.57. The minimum Gasteiger partial charge on any atom is -0.676 e. The zero-order valence-electron chi connectivity index (χ0n) is 9.51. The summed E-state index contributed by atoms with van der Waals surface area (Å²) in [6, 6.07) is -0.160. The molecule has 0 radical (unpaired) electrons. The van der Waals surface area contributed by atoms with Crippen molar-refractivity contribution in [3.05, 3.63) is 11.5 Å². The second-order valence-corrected chi connectivity index (χ2v) is 3.86. The van der Waals surface area contributed by atoms with Gasteiger partial charge in [0.1, 0.15) is 0 Å². The molecule has 2 N–H and O–H groups in total. The standard InChI is InChI=1S/C6H12N2.C4H6O4.Pt/c7-5-3-1-2-4-6(5)8;1-2(3(5)6)4(7)8;/h5-8H,1-4H2;2H,1H3,(H,5,6)(H,7,8);/q-2;;+4/p-2. The molecule has 6 nitrogen and oxygen atoms in total. The van der Waals surface area contributed by atoms with Gasteiger partial charge in [0.15, 0.2) is 0 Å². The quantitative estimate of drug-likeness (QED) is 0.556. The summed E-state index contributed by atoms with van der Waals surface area (Å²) < 4.78 is 0. The monoisotopic (exact) mass is 423 g/mol. The van der Waals surface area contributed by atoms with Crippen LogP contribution in [0.15, 0.2) is 0 Å². The molecule has 1 aliphatic carbocycles. The Morgan fingerprint density at radius 3 is 1.47 bits per heavy atom. The zero-order chi connectivity index (χ0) is 12.7. The zero-order valence-corrected chi connectivity index (χ0v) is 11.8. The first-order chi connectivity index (χ1) is 7.36. The van der Waals surface area contributed by atoms with E-state index in [9.17, 15) is 19.8 Å². The smallest absolute Gasteiger partial charge is 0.676 e. The van der Waals surface area contributed by atoms with Crippen LogP contribution in [-0.2, 0) is 30.7 Å². The van der Waals surface area contributed by atoms with Gasteiger partial charge in [-0.3, -0.25) is 0 Å². The predicted molar refractivity (Wildman–Crippen MR) is 53.9 cm³/mol. The van der Waals surface area contributed by atoms with Crippen LogP contribution >= 0.6 is 0 Å². The molecular weight excluding hydrogens is 407 g/mol. The van der Waals surface area contributed by atoms with Gasteiger partial charge in [-0.2, -0.15) is 12.1 Å². The van der Waals surface area contributed by atoms with Crippen LogP contribution in [0.3, 0.4) is 0 Å². The molecule has 0 saturated heterocycles. The van der Waals surface area contributed by atoms with Gasteiger partial charge < -0.3 is 31.3 Å². The molecule has 1 saturated carbocycles. The predicted octanol–water partition coefficient (Wildman–Crippen LogP) is -0.478. The van der Waals surface area contributed by atoms with Gasteiger partial charge in [-0.15, -0.1) is 0 Å². The summed E-state index contributed by atoms with van der Waals surface area (Å²) in [4.78, 5) is 19.2. The summed E-state index contributed by atoms with van der Waals surface area (Å²) in [5, 5.41) is 19.2. The van der Waals surface area contributed by atoms with E-state index < -0.39 is 17.9 Å². The molecule has 0 aliphatic heterocycles. The van der Waals surface area contributed by atoms with Crippen LogP contribution in [0.5, 0.6) is 0 Å². The van der Waals surface area contributed by atoms with Crippen molar-refractivity contribution >= 4 is 11.9 Å². The number of aliphatic carboxylic acids is 2. The van der Waals surface area contributed by atoms with E-state index in [1.807, 2.05) is 0 Å². The van der Waals surface area contributed by atoms with E-state index in [0.29, 0.717) is 0 Å². The van der Waals surface area contributed by atoms with Crippen molar-refractivity contribution in [1.82, 2.24) is 0 Å². The number of carbonyl (C=O) groups is 2. The van der Waals surface area contributed by atoms with Crippen LogP contribution in [0.1, 0.15) is 32.6 Å². The fourth-order valence-corrected chi connectivity index (χ4v) is 1.23. The summed E-state index contributed by atoms with van der Waals surface area (Å²) in [6.07, 6.45) is 4.25. The Balaban J connectivity index is 0. The molecule has 1 fully saturated rings. The van der Waals surface area contributed by atoms with E-state index >= 15 is 0 Å². The Kier molecular flexibility index (Phi) is 10.6. The van der Waals surface area contributed by atoms with Gasteiger partial charge in [-0.1, -0.05) is 32.6 Å². The number of hydrogen-bond donors (Lipinski definition) is 0. The first-order valence-electron chi connectivity index (χ1n) is 5.20. The maximum Gasteiger partial charge on any atom is 4.00 e. The van der Waals surface area contributed by atoms with E-state index in [-0.39, 0.29) is 33.1 Å². The third kappa shape index (κ3) is 8.30. The van der Waals surface area contributed by atoms with Crippen LogP contribution in [0, 0.1) is 5.92 Å². The molecule has 1 aliphatic rings. The van der Waals surface area contributed by atoms with Crippen LogP contribution in [-0.4, -0.2) is 24.0 Å². The summed E-state index contributed by atoms with van der Waals surface area (Å²) in [6.45, 7) is 0.991. The number of carbonyl (C=O) groups excluding carboxylic acids is 2. The van der Waals surface area contributed by atoms with E-state index in [2.05, 4.69) is 0 Å². The Morgan fingerprint density at radius 1 is 1.06 bits per heavy atom. The van der Waals surface area contributed by atoms with Crippen molar-refractivity contribution in [3.8, 4) is 0 Å². The van der Waals surface area contributed by atoms with Crippen molar-refractivity contribution in [1.29, 1.82) is 0 Å². The Hall–Kier alpha value is -0.452. The number of nitrogens with one attached hydrogen (secondary N) is 2. The van der Waals surface area contributed by atoms with Crippen LogP contribution < -0.4 is 10.2 Å².